The van der Waals surface area contributed by atoms with E-state index >= 15 is 0 Å². The number of carbonyl (C=O) groups excluding carboxylic acids is 1. The van der Waals surface area contributed by atoms with Gasteiger partial charge < -0.3 is 28.3 Å². The van der Waals surface area contributed by atoms with Gasteiger partial charge in [-0.1, -0.05) is 26.2 Å². The lowest BCUT2D eigenvalue weighted by molar-refractivity contribution is -0.870. The summed E-state index contributed by atoms with van der Waals surface area (Å²) < 4.78 is 26.2. The van der Waals surface area contributed by atoms with Crippen molar-refractivity contribution in [1.29, 1.82) is 0 Å². The van der Waals surface area contributed by atoms with Gasteiger partial charge in [-0.2, -0.15) is 0 Å². The molecule has 0 aromatic heterocycles. The number of aliphatic hydroxyl groups excluding tert-OH is 1. The molecule has 0 aromatic carbocycles. The maximum absolute atomic E-state index is 11.5. The van der Waals surface area contributed by atoms with Crippen molar-refractivity contribution in [2.75, 3.05) is 47.5 Å². The topological polar surface area (TPSA) is 105 Å². The second-order valence-corrected chi connectivity index (χ2v) is 8.15. The fraction of sp³-hybridized carbons (Fsp3) is 0.933. The maximum atomic E-state index is 11.5. The average Bonchev–Trinajstić information content (AvgIpc) is 2.46. The molecule has 0 aliphatic carbocycles. The van der Waals surface area contributed by atoms with Gasteiger partial charge in [0.2, 0.25) is 0 Å². The Balaban J connectivity index is 3.84. The van der Waals surface area contributed by atoms with E-state index in [4.69, 9.17) is 9.26 Å². The molecule has 1 N–H and O–H groups in total. The zero-order chi connectivity index (χ0) is 18.6. The van der Waals surface area contributed by atoms with Gasteiger partial charge in [-0.05, 0) is 6.42 Å². The summed E-state index contributed by atoms with van der Waals surface area (Å²) >= 11 is 0. The van der Waals surface area contributed by atoms with E-state index in [1.807, 2.05) is 21.1 Å². The van der Waals surface area contributed by atoms with Crippen LogP contribution < -0.4 is 4.89 Å². The van der Waals surface area contributed by atoms with E-state index in [-0.39, 0.29) is 13.2 Å². The van der Waals surface area contributed by atoms with Gasteiger partial charge in [0.25, 0.3) is 7.82 Å². The summed E-state index contributed by atoms with van der Waals surface area (Å²) in [4.78, 5) is 22.9. The molecule has 0 radical (unpaired) electrons. The summed E-state index contributed by atoms with van der Waals surface area (Å²) in [5, 5.41) is 9.60. The van der Waals surface area contributed by atoms with Crippen LogP contribution >= 0.6 is 7.82 Å². The third-order valence-corrected chi connectivity index (χ3v) is 4.07. The first-order valence-electron chi connectivity index (χ1n) is 8.30. The van der Waals surface area contributed by atoms with Crippen molar-refractivity contribution in [3.63, 3.8) is 0 Å². The van der Waals surface area contributed by atoms with Gasteiger partial charge in [0.05, 0.1) is 27.7 Å². The number of unbranched alkanes of at least 4 members (excludes halogenated alkanes) is 3. The van der Waals surface area contributed by atoms with Crippen molar-refractivity contribution in [3.8, 4) is 0 Å². The van der Waals surface area contributed by atoms with Gasteiger partial charge in [0.1, 0.15) is 25.9 Å². The highest BCUT2D eigenvalue weighted by atomic mass is 31.2. The zero-order valence-electron chi connectivity index (χ0n) is 15.2. The number of hydrogen-bond acceptors (Lipinski definition) is 7. The highest BCUT2D eigenvalue weighted by Gasteiger charge is 2.16. The zero-order valence-corrected chi connectivity index (χ0v) is 16.1. The van der Waals surface area contributed by atoms with Gasteiger partial charge in [-0.3, -0.25) is 9.36 Å². The quantitative estimate of drug-likeness (QED) is 0.211. The first-order chi connectivity index (χ1) is 11.1. The maximum Gasteiger partial charge on any atom is 0.305 e. The monoisotopic (exact) mass is 369 g/mol. The van der Waals surface area contributed by atoms with Crippen molar-refractivity contribution in [1.82, 2.24) is 0 Å². The molecule has 1 unspecified atom stereocenters. The largest absolute Gasteiger partial charge is 0.756 e. The number of aliphatic hydroxyl groups is 1. The van der Waals surface area contributed by atoms with Crippen LogP contribution in [-0.2, 0) is 23.1 Å². The number of likely N-dealkylation sites (N-methyl/N-ethyl adjacent to an activating group) is 1. The fourth-order valence-electron chi connectivity index (χ4n) is 1.65. The Morgan fingerprint density at radius 3 is 2.42 bits per heavy atom. The Kier molecular flexibility index (Phi) is 11.7. The number of ether oxygens (including phenoxy) is 1. The van der Waals surface area contributed by atoms with Gasteiger partial charge in [0, 0.05) is 6.42 Å². The van der Waals surface area contributed by atoms with Gasteiger partial charge in [0.15, 0.2) is 0 Å². The first kappa shape index (κ1) is 23.5. The van der Waals surface area contributed by atoms with Crippen LogP contribution in [0.2, 0.25) is 0 Å². The molecule has 24 heavy (non-hydrogen) atoms. The van der Waals surface area contributed by atoms with Crippen molar-refractivity contribution in [3.05, 3.63) is 0 Å². The van der Waals surface area contributed by atoms with Crippen molar-refractivity contribution in [2.24, 2.45) is 0 Å². The molecule has 0 aliphatic heterocycles. The number of nitrogens with zero attached hydrogens (tertiary/aromatic N) is 1. The number of carbonyl (C=O) groups is 1. The van der Waals surface area contributed by atoms with Crippen molar-refractivity contribution >= 4 is 13.8 Å². The van der Waals surface area contributed by atoms with Crippen LogP contribution in [0.4, 0.5) is 0 Å². The minimum Gasteiger partial charge on any atom is -0.756 e. The van der Waals surface area contributed by atoms with Gasteiger partial charge >= 0.3 is 5.97 Å². The highest BCUT2D eigenvalue weighted by Crippen LogP contribution is 2.38. The lowest BCUT2D eigenvalue weighted by atomic mass is 10.2. The number of quaternary nitrogens is 1. The third-order valence-electron chi connectivity index (χ3n) is 3.11. The predicted molar refractivity (Wildman–Crippen MR) is 88.1 cm³/mol. The van der Waals surface area contributed by atoms with E-state index in [0.717, 1.165) is 25.7 Å². The van der Waals surface area contributed by atoms with Gasteiger partial charge in [-0.25, -0.2) is 0 Å². The minimum atomic E-state index is -4.47. The van der Waals surface area contributed by atoms with Crippen molar-refractivity contribution < 1.29 is 37.6 Å². The number of hydrogen-bond donors (Lipinski definition) is 1. The lowest BCUT2D eigenvalue weighted by Gasteiger charge is -2.27. The number of phosphoric acid groups is 1. The third kappa shape index (κ3) is 15.1. The second kappa shape index (κ2) is 12.0. The summed E-state index contributed by atoms with van der Waals surface area (Å²) in [7, 11) is 1.24. The molecule has 0 bridgehead atoms. The van der Waals surface area contributed by atoms with Crippen LogP contribution in [0.25, 0.3) is 0 Å². The molecule has 8 nitrogen and oxygen atoms in total. The molecule has 2 atom stereocenters. The molecule has 0 heterocycles. The van der Waals surface area contributed by atoms with Gasteiger partial charge in [-0.15, -0.1) is 0 Å². The molecule has 144 valence electrons. The van der Waals surface area contributed by atoms with Crippen LogP contribution in [0.15, 0.2) is 0 Å². The fourth-order valence-corrected chi connectivity index (χ4v) is 2.38. The molecule has 9 heteroatoms. The van der Waals surface area contributed by atoms with Crippen LogP contribution in [0, 0.1) is 0 Å². The molecular formula is C15H32NO7P. The smallest absolute Gasteiger partial charge is 0.305 e. The molecule has 0 amide bonds. The summed E-state index contributed by atoms with van der Waals surface area (Å²) in [6.45, 7) is 1.76. The Morgan fingerprint density at radius 1 is 1.17 bits per heavy atom. The molecule has 0 spiro atoms. The lowest BCUT2D eigenvalue weighted by Crippen LogP contribution is -2.37. The first-order valence-corrected chi connectivity index (χ1v) is 9.76. The van der Waals surface area contributed by atoms with Crippen LogP contribution in [0.3, 0.4) is 0 Å². The highest BCUT2D eigenvalue weighted by molar-refractivity contribution is 7.45. The van der Waals surface area contributed by atoms with E-state index in [2.05, 4.69) is 11.4 Å². The minimum absolute atomic E-state index is 0.00683. The summed E-state index contributed by atoms with van der Waals surface area (Å²) in [5.74, 6) is -0.408. The Morgan fingerprint density at radius 2 is 1.83 bits per heavy atom. The Hall–Kier alpha value is -0.500. The van der Waals surface area contributed by atoms with E-state index in [9.17, 15) is 19.4 Å². The molecule has 0 rings (SSSR count). The standard InChI is InChI=1S/C15H32NO7P/c1-5-6-7-8-9-15(18)21-12-14(17)13-23-24(19,20)22-11-10-16(2,3)4/h14,17H,5-13H2,1-4H3/t14-/m1/s1. The molecule has 0 aliphatic rings. The van der Waals surface area contributed by atoms with Crippen LogP contribution in [-0.4, -0.2) is 69.2 Å². The number of rotatable bonds is 14. The summed E-state index contributed by atoms with van der Waals surface area (Å²) in [6.07, 6.45) is 2.93. The molecule has 0 aromatic rings. The van der Waals surface area contributed by atoms with E-state index in [1.165, 1.54) is 0 Å². The average molecular weight is 369 g/mol. The van der Waals surface area contributed by atoms with E-state index in [1.54, 1.807) is 0 Å². The molecule has 0 fully saturated rings. The van der Waals surface area contributed by atoms with E-state index in [0.29, 0.717) is 17.4 Å². The Bertz CT molecular complexity index is 398. The van der Waals surface area contributed by atoms with Crippen LogP contribution in [0.1, 0.15) is 39.0 Å². The summed E-state index contributed by atoms with van der Waals surface area (Å²) in [6, 6.07) is 0. The normalized spacial score (nSPS) is 15.8. The second-order valence-electron chi connectivity index (χ2n) is 6.74. The molecule has 0 saturated heterocycles. The van der Waals surface area contributed by atoms with E-state index < -0.39 is 26.5 Å². The molecular weight excluding hydrogens is 337 g/mol. The molecule has 0 saturated carbocycles. The predicted octanol–water partition coefficient (Wildman–Crippen LogP) is 1.07. The van der Waals surface area contributed by atoms with Crippen LogP contribution in [0.5, 0.6) is 0 Å². The number of esters is 1. The van der Waals surface area contributed by atoms with Crippen molar-refractivity contribution in [2.45, 2.75) is 45.1 Å². The SMILES string of the molecule is CCCCCCC(=O)OC[C@@H](O)COP(=O)([O-])OCC[N+](C)(C)C. The number of phosphoric ester groups is 1. The summed E-state index contributed by atoms with van der Waals surface area (Å²) in [5.41, 5.74) is 0. The Labute approximate surface area is 144 Å².